The number of nitrogens with one attached hydrogen (secondary N) is 2. The van der Waals surface area contributed by atoms with Gasteiger partial charge in [0.1, 0.15) is 5.75 Å². The summed E-state index contributed by atoms with van der Waals surface area (Å²) in [6.45, 7) is 5.24. The summed E-state index contributed by atoms with van der Waals surface area (Å²) in [5, 5.41) is 4.87. The molecular weight excluding hydrogens is 402 g/mol. The number of hydrogen-bond donors (Lipinski definition) is 2. The van der Waals surface area contributed by atoms with Crippen LogP contribution in [0.5, 0.6) is 5.75 Å². The number of rotatable bonds is 6. The second-order valence-electron chi connectivity index (χ2n) is 7.68. The molecular formula is C23H28ClN3O3. The number of benzene rings is 2. The van der Waals surface area contributed by atoms with Crippen molar-refractivity contribution < 1.29 is 14.3 Å². The Morgan fingerprint density at radius 2 is 1.83 bits per heavy atom. The maximum atomic E-state index is 12.8. The Balaban J connectivity index is 1.62. The number of methoxy groups -OCH3 is 1. The van der Waals surface area contributed by atoms with Crippen molar-refractivity contribution in [2.24, 2.45) is 5.92 Å². The Kier molecular flexibility index (Phi) is 7.34. The van der Waals surface area contributed by atoms with Gasteiger partial charge in [0, 0.05) is 26.1 Å². The largest absolute Gasteiger partial charge is 0.496 e. The van der Waals surface area contributed by atoms with E-state index < -0.39 is 0 Å². The Morgan fingerprint density at radius 1 is 1.17 bits per heavy atom. The Hall–Kier alpha value is -2.57. The molecule has 2 N–H and O–H groups in total. The summed E-state index contributed by atoms with van der Waals surface area (Å²) >= 11 is 6.24. The molecule has 2 aromatic carbocycles. The van der Waals surface area contributed by atoms with Gasteiger partial charge in [0.25, 0.3) is 5.91 Å². The van der Waals surface area contributed by atoms with Crippen LogP contribution in [0.2, 0.25) is 5.02 Å². The molecule has 1 atom stereocenters. The summed E-state index contributed by atoms with van der Waals surface area (Å²) in [5.74, 6) is 0.903. The lowest BCUT2D eigenvalue weighted by Gasteiger charge is -2.35. The fourth-order valence-electron chi connectivity index (χ4n) is 3.93. The van der Waals surface area contributed by atoms with E-state index in [-0.39, 0.29) is 16.8 Å². The number of hydrogen-bond acceptors (Lipinski definition) is 4. The van der Waals surface area contributed by atoms with Crippen molar-refractivity contribution >= 4 is 29.1 Å². The Morgan fingerprint density at radius 3 is 2.43 bits per heavy atom. The molecule has 0 radical (unpaired) electrons. The first-order chi connectivity index (χ1) is 14.4. The molecule has 0 bridgehead atoms. The zero-order chi connectivity index (χ0) is 21.7. The molecule has 1 aliphatic heterocycles. The summed E-state index contributed by atoms with van der Waals surface area (Å²) in [7, 11) is 1.48. The molecule has 160 valence electrons. The van der Waals surface area contributed by atoms with Crippen LogP contribution in [0.25, 0.3) is 0 Å². The van der Waals surface area contributed by atoms with Gasteiger partial charge in [-0.25, -0.2) is 5.01 Å². The number of nitrogens with zero attached hydrogens (tertiary/aromatic N) is 1. The van der Waals surface area contributed by atoms with Crippen molar-refractivity contribution in [3.05, 3.63) is 58.6 Å². The molecule has 7 heteroatoms. The van der Waals surface area contributed by atoms with Crippen molar-refractivity contribution in [1.82, 2.24) is 10.4 Å². The molecule has 3 rings (SSSR count). The Bertz CT molecular complexity index is 896. The number of carbonyl (C=O) groups is 2. The maximum Gasteiger partial charge on any atom is 0.269 e. The van der Waals surface area contributed by atoms with E-state index in [1.807, 2.05) is 11.1 Å². The van der Waals surface area contributed by atoms with Crippen molar-refractivity contribution in [3.8, 4) is 5.75 Å². The average Bonchev–Trinajstić information content (AvgIpc) is 2.75. The number of amides is 2. The zero-order valence-corrected chi connectivity index (χ0v) is 18.3. The van der Waals surface area contributed by atoms with Crippen molar-refractivity contribution in [3.63, 3.8) is 0 Å². The standard InChI is InChI=1S/C23H28ClN3O3/c1-15(17-7-5-4-6-8-17)18-9-11-27(12-10-18)26-23(29)19-13-20(24)21(25-16(2)28)14-22(19)30-3/h4-8,13-15,18H,9-12H2,1-3H3,(H,25,28)(H,26,29). The third-order valence-corrected chi connectivity index (χ3v) is 5.99. The number of piperidine rings is 1. The van der Waals surface area contributed by atoms with Gasteiger partial charge in [0.2, 0.25) is 5.91 Å². The van der Waals surface area contributed by atoms with Crippen LogP contribution in [0.15, 0.2) is 42.5 Å². The molecule has 30 heavy (non-hydrogen) atoms. The smallest absolute Gasteiger partial charge is 0.269 e. The third-order valence-electron chi connectivity index (χ3n) is 5.68. The molecule has 2 amide bonds. The highest BCUT2D eigenvalue weighted by Crippen LogP contribution is 2.33. The number of halogens is 1. The SMILES string of the molecule is COc1cc(NC(C)=O)c(Cl)cc1C(=O)NN1CCC(C(C)c2ccccc2)CC1. The molecule has 0 aliphatic carbocycles. The number of anilines is 1. The van der Waals surface area contributed by atoms with Crippen LogP contribution in [0.4, 0.5) is 5.69 Å². The lowest BCUT2D eigenvalue weighted by atomic mass is 9.81. The molecule has 0 saturated carbocycles. The molecule has 6 nitrogen and oxygen atoms in total. The van der Waals surface area contributed by atoms with E-state index in [9.17, 15) is 9.59 Å². The van der Waals surface area contributed by atoms with E-state index in [0.29, 0.717) is 28.8 Å². The van der Waals surface area contributed by atoms with E-state index in [1.165, 1.54) is 25.7 Å². The van der Waals surface area contributed by atoms with Crippen molar-refractivity contribution in [2.45, 2.75) is 32.6 Å². The van der Waals surface area contributed by atoms with Crippen LogP contribution in [-0.4, -0.2) is 37.0 Å². The minimum Gasteiger partial charge on any atom is -0.496 e. The highest BCUT2D eigenvalue weighted by molar-refractivity contribution is 6.34. The van der Waals surface area contributed by atoms with Crippen molar-refractivity contribution in [2.75, 3.05) is 25.5 Å². The molecule has 1 aliphatic rings. The van der Waals surface area contributed by atoms with Crippen LogP contribution in [0.3, 0.4) is 0 Å². The molecule has 1 saturated heterocycles. The second kappa shape index (κ2) is 9.96. The predicted molar refractivity (Wildman–Crippen MR) is 119 cm³/mol. The quantitative estimate of drug-likeness (QED) is 0.710. The highest BCUT2D eigenvalue weighted by atomic mass is 35.5. The van der Waals surface area contributed by atoms with Gasteiger partial charge >= 0.3 is 0 Å². The average molecular weight is 430 g/mol. The van der Waals surface area contributed by atoms with E-state index in [4.69, 9.17) is 16.3 Å². The lowest BCUT2D eigenvalue weighted by Crippen LogP contribution is -2.47. The number of carbonyl (C=O) groups excluding carboxylic acids is 2. The molecule has 1 heterocycles. The minimum atomic E-state index is -0.280. The van der Waals surface area contributed by atoms with E-state index >= 15 is 0 Å². The lowest BCUT2D eigenvalue weighted by molar-refractivity contribution is -0.114. The summed E-state index contributed by atoms with van der Waals surface area (Å²) < 4.78 is 5.34. The molecule has 1 unspecified atom stereocenters. The van der Waals surface area contributed by atoms with Crippen LogP contribution >= 0.6 is 11.6 Å². The first-order valence-electron chi connectivity index (χ1n) is 10.1. The third kappa shape index (κ3) is 5.32. The Labute approximate surface area is 182 Å². The highest BCUT2D eigenvalue weighted by Gasteiger charge is 2.26. The number of hydrazine groups is 1. The predicted octanol–water partition coefficient (Wildman–Crippen LogP) is 4.47. The van der Waals surface area contributed by atoms with Gasteiger partial charge in [-0.3, -0.25) is 15.0 Å². The van der Waals surface area contributed by atoms with Gasteiger partial charge in [-0.05, 0) is 36.3 Å². The molecule has 0 spiro atoms. The van der Waals surface area contributed by atoms with Crippen LogP contribution < -0.4 is 15.5 Å². The van der Waals surface area contributed by atoms with E-state index in [2.05, 4.69) is 41.9 Å². The number of ether oxygens (including phenoxy) is 1. The first-order valence-corrected chi connectivity index (χ1v) is 10.5. The summed E-state index contributed by atoms with van der Waals surface area (Å²) in [4.78, 5) is 24.2. The fourth-order valence-corrected chi connectivity index (χ4v) is 4.14. The van der Waals surface area contributed by atoms with E-state index in [0.717, 1.165) is 25.9 Å². The van der Waals surface area contributed by atoms with E-state index in [1.54, 1.807) is 6.07 Å². The van der Waals surface area contributed by atoms with Gasteiger partial charge < -0.3 is 10.1 Å². The summed E-state index contributed by atoms with van der Waals surface area (Å²) in [6, 6.07) is 13.6. The van der Waals surface area contributed by atoms with Crippen LogP contribution in [0.1, 0.15) is 48.5 Å². The zero-order valence-electron chi connectivity index (χ0n) is 17.6. The van der Waals surface area contributed by atoms with Gasteiger partial charge in [-0.2, -0.15) is 0 Å². The fraction of sp³-hybridized carbons (Fsp3) is 0.391. The van der Waals surface area contributed by atoms with Crippen molar-refractivity contribution in [1.29, 1.82) is 0 Å². The normalized spacial score (nSPS) is 16.0. The molecule has 0 aromatic heterocycles. The van der Waals surface area contributed by atoms with Gasteiger partial charge in [0.15, 0.2) is 0 Å². The topological polar surface area (TPSA) is 70.7 Å². The van der Waals surface area contributed by atoms with Crippen LogP contribution in [-0.2, 0) is 4.79 Å². The van der Waals surface area contributed by atoms with Crippen LogP contribution in [0, 0.1) is 5.92 Å². The monoisotopic (exact) mass is 429 g/mol. The van der Waals surface area contributed by atoms with Gasteiger partial charge in [0.05, 0.1) is 23.4 Å². The maximum absolute atomic E-state index is 12.8. The summed E-state index contributed by atoms with van der Waals surface area (Å²) in [6.07, 6.45) is 2.02. The summed E-state index contributed by atoms with van der Waals surface area (Å²) in [5.41, 5.74) is 5.07. The molecule has 1 fully saturated rings. The second-order valence-corrected chi connectivity index (χ2v) is 8.09. The first kappa shape index (κ1) is 22.1. The minimum absolute atomic E-state index is 0.247. The molecule has 2 aromatic rings. The van der Waals surface area contributed by atoms with Gasteiger partial charge in [-0.15, -0.1) is 0 Å². The van der Waals surface area contributed by atoms with Gasteiger partial charge in [-0.1, -0.05) is 48.9 Å².